The molecule has 0 spiro atoms. The maximum atomic E-state index is 9.60. The smallest absolute Gasteiger partial charge is 0.114 e. The van der Waals surface area contributed by atoms with Crippen molar-refractivity contribution in [2.45, 2.75) is 6.92 Å². The third-order valence-electron chi connectivity index (χ3n) is 1.91. The molecule has 3 nitrogen and oxygen atoms in total. The van der Waals surface area contributed by atoms with Gasteiger partial charge in [0.1, 0.15) is 12.1 Å². The Morgan fingerprint density at radius 3 is 2.73 bits per heavy atom. The number of benzene rings is 1. The topological polar surface area (TPSA) is 46.3 Å². The van der Waals surface area contributed by atoms with Gasteiger partial charge in [0.2, 0.25) is 0 Å². The first kappa shape index (κ1) is 13.0. The van der Waals surface area contributed by atoms with E-state index in [0.29, 0.717) is 22.0 Å². The molecule has 5 heteroatoms. The molecule has 0 aliphatic carbocycles. The van der Waals surface area contributed by atoms with E-state index in [-0.39, 0.29) is 47.0 Å². The van der Waals surface area contributed by atoms with Gasteiger partial charge in [0, 0.05) is 57.6 Å². The predicted octanol–water partition coefficient (Wildman–Crippen LogP) is 2.81. The molecule has 75 valence electrons. The van der Waals surface area contributed by atoms with Crippen molar-refractivity contribution < 1.29 is 50.8 Å². The summed E-state index contributed by atoms with van der Waals surface area (Å²) in [7, 11) is 0. The molecule has 0 unspecified atom stereocenters. The van der Waals surface area contributed by atoms with Crippen LogP contribution in [0.1, 0.15) is 5.69 Å². The number of hydrogen-bond donors (Lipinski definition) is 1. The van der Waals surface area contributed by atoms with Gasteiger partial charge in [-0.05, 0) is 12.1 Å². The standard InChI is InChI=1S/C10H7ClNO2.Pr/c1-6-10(14-5-12-6)9-7(11)3-2-4-8(9)13;/h2-4,13H,1H3;/q-1;. The number of rotatable bonds is 1. The summed E-state index contributed by atoms with van der Waals surface area (Å²) >= 11 is 5.93. The Bertz CT molecular complexity index is 450. The van der Waals surface area contributed by atoms with Crippen LogP contribution < -0.4 is 0 Å². The SMILES string of the molecule is Cc1n[c-]oc1-c1c(O)cccc1Cl.[Pr]. The van der Waals surface area contributed by atoms with E-state index in [0.717, 1.165) is 0 Å². The molecule has 0 aliphatic heterocycles. The first-order chi connectivity index (χ1) is 6.70. The number of aryl methyl sites for hydroxylation is 1. The maximum absolute atomic E-state index is 9.60. The zero-order valence-corrected chi connectivity index (χ0v) is 12.5. The molecule has 1 N–H and O–H groups in total. The van der Waals surface area contributed by atoms with Gasteiger partial charge in [-0.25, -0.2) is 0 Å². The first-order valence-corrected chi connectivity index (χ1v) is 4.39. The Morgan fingerprint density at radius 1 is 1.47 bits per heavy atom. The van der Waals surface area contributed by atoms with Gasteiger partial charge >= 0.3 is 0 Å². The molecule has 0 bridgehead atoms. The van der Waals surface area contributed by atoms with Crippen molar-refractivity contribution in [3.05, 3.63) is 35.3 Å². The number of nitrogens with zero attached hydrogens (tertiary/aromatic N) is 1. The zero-order valence-electron chi connectivity index (χ0n) is 7.99. The van der Waals surface area contributed by atoms with Crippen LogP contribution in [-0.2, 0) is 0 Å². The van der Waals surface area contributed by atoms with E-state index in [2.05, 4.69) is 11.4 Å². The van der Waals surface area contributed by atoms with Crippen molar-refractivity contribution in [1.82, 2.24) is 4.98 Å². The Kier molecular flexibility index (Phi) is 4.56. The molecule has 15 heavy (non-hydrogen) atoms. The summed E-state index contributed by atoms with van der Waals surface area (Å²) in [5, 5.41) is 10.0. The summed E-state index contributed by atoms with van der Waals surface area (Å²) in [5.41, 5.74) is 1.11. The Balaban J connectivity index is 0.00000112. The number of phenols is 1. The van der Waals surface area contributed by atoms with Crippen LogP contribution in [0.2, 0.25) is 5.02 Å². The van der Waals surface area contributed by atoms with Crippen LogP contribution in [0.15, 0.2) is 22.6 Å². The molecule has 0 amide bonds. The van der Waals surface area contributed by atoms with Gasteiger partial charge in [-0.3, -0.25) is 0 Å². The van der Waals surface area contributed by atoms with Crippen LogP contribution in [-0.4, -0.2) is 10.1 Å². The number of oxazole rings is 1. The molecule has 0 saturated carbocycles. The van der Waals surface area contributed by atoms with E-state index in [1.54, 1.807) is 25.1 Å². The summed E-state index contributed by atoms with van der Waals surface area (Å²) in [6, 6.07) is 4.89. The van der Waals surface area contributed by atoms with Gasteiger partial charge in [-0.1, -0.05) is 30.3 Å². The molecule has 0 aliphatic rings. The fourth-order valence-electron chi connectivity index (χ4n) is 1.23. The Labute approximate surface area is 125 Å². The molecular weight excluding hydrogens is 342 g/mol. The molecule has 2 aromatic rings. The van der Waals surface area contributed by atoms with E-state index in [1.807, 2.05) is 0 Å². The van der Waals surface area contributed by atoms with Crippen molar-refractivity contribution in [2.24, 2.45) is 0 Å². The molecule has 1 radical (unpaired) electrons. The number of halogens is 1. The minimum Gasteiger partial charge on any atom is -0.573 e. The van der Waals surface area contributed by atoms with Crippen LogP contribution in [0.25, 0.3) is 11.3 Å². The maximum Gasteiger partial charge on any atom is 0.114 e. The van der Waals surface area contributed by atoms with Gasteiger partial charge in [0.25, 0.3) is 0 Å². The number of hydrogen-bond acceptors (Lipinski definition) is 3. The van der Waals surface area contributed by atoms with Gasteiger partial charge in [0.15, 0.2) is 0 Å². The average Bonchev–Trinajstić information content (AvgIpc) is 2.52. The van der Waals surface area contributed by atoms with Crippen LogP contribution in [0, 0.1) is 54.6 Å². The normalized spacial score (nSPS) is 9.73. The third kappa shape index (κ3) is 2.52. The van der Waals surface area contributed by atoms with Crippen molar-refractivity contribution >= 4 is 11.6 Å². The monoisotopic (exact) mass is 349 g/mol. The summed E-state index contributed by atoms with van der Waals surface area (Å²) in [5.74, 6) is 0.527. The van der Waals surface area contributed by atoms with E-state index in [9.17, 15) is 5.11 Å². The van der Waals surface area contributed by atoms with Gasteiger partial charge in [-0.2, -0.15) is 0 Å². The summed E-state index contributed by atoms with van der Waals surface area (Å²) in [6.45, 7) is 1.76. The average molecular weight is 350 g/mol. The molecule has 2 rings (SSSR count). The minimum atomic E-state index is 0. The summed E-state index contributed by atoms with van der Waals surface area (Å²) in [4.78, 5) is 3.81. The fourth-order valence-corrected chi connectivity index (χ4v) is 1.49. The predicted molar refractivity (Wildman–Crippen MR) is 52.2 cm³/mol. The molecule has 0 fully saturated rings. The third-order valence-corrected chi connectivity index (χ3v) is 2.22. The number of phenolic OH excluding ortho intramolecular Hbond substituents is 1. The second-order valence-corrected chi connectivity index (χ2v) is 3.26. The van der Waals surface area contributed by atoms with Crippen LogP contribution in [0.3, 0.4) is 0 Å². The van der Waals surface area contributed by atoms with Crippen molar-refractivity contribution in [3.8, 4) is 17.1 Å². The van der Waals surface area contributed by atoms with E-state index in [4.69, 9.17) is 16.0 Å². The number of aromatic nitrogens is 1. The molecule has 0 saturated heterocycles. The second kappa shape index (κ2) is 5.28. The largest absolute Gasteiger partial charge is 0.573 e. The fraction of sp³-hybridized carbons (Fsp3) is 0.100. The van der Waals surface area contributed by atoms with E-state index < -0.39 is 0 Å². The molecule has 1 aromatic heterocycles. The summed E-state index contributed by atoms with van der Waals surface area (Å²) in [6.07, 6.45) is 2.36. The van der Waals surface area contributed by atoms with Gasteiger partial charge < -0.3 is 14.5 Å². The first-order valence-electron chi connectivity index (χ1n) is 4.01. The van der Waals surface area contributed by atoms with Crippen LogP contribution in [0.4, 0.5) is 0 Å². The van der Waals surface area contributed by atoms with E-state index >= 15 is 0 Å². The summed E-state index contributed by atoms with van der Waals surface area (Å²) < 4.78 is 5.03. The van der Waals surface area contributed by atoms with Gasteiger partial charge in [-0.15, -0.1) is 0 Å². The van der Waals surface area contributed by atoms with Crippen molar-refractivity contribution in [3.63, 3.8) is 0 Å². The van der Waals surface area contributed by atoms with Crippen LogP contribution in [0.5, 0.6) is 5.75 Å². The molecular formula is C10H7ClNO2Pr-. The quantitative estimate of drug-likeness (QED) is 0.805. The zero-order chi connectivity index (χ0) is 10.1. The number of aromatic hydroxyl groups is 1. The van der Waals surface area contributed by atoms with Gasteiger partial charge in [0.05, 0.1) is 0 Å². The molecule has 0 atom stereocenters. The minimum absolute atomic E-state index is 0. The van der Waals surface area contributed by atoms with Crippen molar-refractivity contribution in [1.29, 1.82) is 0 Å². The van der Waals surface area contributed by atoms with Crippen LogP contribution >= 0.6 is 11.6 Å². The van der Waals surface area contributed by atoms with Crippen molar-refractivity contribution in [2.75, 3.05) is 0 Å². The Hall–Kier alpha value is -0.116. The second-order valence-electron chi connectivity index (χ2n) is 2.85. The molecule has 1 heterocycles. The molecule has 1 aromatic carbocycles. The van der Waals surface area contributed by atoms with E-state index in [1.165, 1.54) is 0 Å². The Morgan fingerprint density at radius 2 is 2.20 bits per heavy atom.